The highest BCUT2D eigenvalue weighted by molar-refractivity contribution is 5.87. The molecule has 6 heteroatoms. The second kappa shape index (κ2) is 9.08. The van der Waals surface area contributed by atoms with E-state index in [-0.39, 0.29) is 11.9 Å². The minimum Gasteiger partial charge on any atom is -0.497 e. The molecule has 0 spiro atoms. The van der Waals surface area contributed by atoms with Gasteiger partial charge in [0.1, 0.15) is 5.75 Å². The van der Waals surface area contributed by atoms with Crippen LogP contribution in [-0.4, -0.2) is 52.9 Å². The molecule has 1 aliphatic rings. The topological polar surface area (TPSA) is 61.5 Å². The van der Waals surface area contributed by atoms with Gasteiger partial charge in [0.05, 0.1) is 19.7 Å². The van der Waals surface area contributed by atoms with E-state index in [0.717, 1.165) is 34.5 Å². The molecule has 2 aromatic carbocycles. The fourth-order valence-electron chi connectivity index (χ4n) is 4.85. The van der Waals surface area contributed by atoms with Crippen molar-refractivity contribution in [2.75, 3.05) is 27.2 Å². The Hall–Kier alpha value is -3.64. The number of aromatic nitrogens is 2. The Bertz CT molecular complexity index is 1270. The molecule has 6 nitrogen and oxygen atoms in total. The van der Waals surface area contributed by atoms with E-state index in [2.05, 4.69) is 34.2 Å². The lowest BCUT2D eigenvalue weighted by Crippen LogP contribution is -2.44. The summed E-state index contributed by atoms with van der Waals surface area (Å²) >= 11 is 0. The van der Waals surface area contributed by atoms with E-state index in [1.807, 2.05) is 59.4 Å². The Morgan fingerprint density at radius 2 is 2.06 bits per heavy atom. The highest BCUT2D eigenvalue weighted by atomic mass is 16.5. The van der Waals surface area contributed by atoms with Crippen molar-refractivity contribution in [1.29, 1.82) is 0 Å². The molecule has 5 rings (SSSR count). The number of carbonyl (C=O) groups is 1. The van der Waals surface area contributed by atoms with Gasteiger partial charge >= 0.3 is 0 Å². The number of aromatic amines is 1. The third-order valence-corrected chi connectivity index (χ3v) is 6.34. The number of benzene rings is 2. The second-order valence-corrected chi connectivity index (χ2v) is 8.61. The fourth-order valence-corrected chi connectivity index (χ4v) is 4.85. The summed E-state index contributed by atoms with van der Waals surface area (Å²) in [6.07, 6.45) is 4.44. The average molecular weight is 441 g/mol. The molecule has 1 unspecified atom stereocenters. The Morgan fingerprint density at radius 3 is 2.88 bits per heavy atom. The van der Waals surface area contributed by atoms with Crippen molar-refractivity contribution >= 4 is 16.8 Å². The Kier molecular flexibility index (Phi) is 5.84. The van der Waals surface area contributed by atoms with Crippen molar-refractivity contribution in [3.8, 4) is 5.75 Å². The van der Waals surface area contributed by atoms with Gasteiger partial charge in [-0.05, 0) is 54.4 Å². The lowest BCUT2D eigenvalue weighted by molar-refractivity contribution is -0.134. The van der Waals surface area contributed by atoms with E-state index in [1.165, 1.54) is 10.9 Å². The minimum absolute atomic E-state index is 0.110. The van der Waals surface area contributed by atoms with Crippen molar-refractivity contribution in [2.45, 2.75) is 19.0 Å². The zero-order valence-corrected chi connectivity index (χ0v) is 19.0. The molecular formula is C27H28N4O2. The van der Waals surface area contributed by atoms with Crippen LogP contribution in [0.1, 0.15) is 28.4 Å². The van der Waals surface area contributed by atoms with E-state index in [9.17, 15) is 4.79 Å². The second-order valence-electron chi connectivity index (χ2n) is 8.61. The molecule has 0 saturated carbocycles. The van der Waals surface area contributed by atoms with E-state index < -0.39 is 0 Å². The van der Waals surface area contributed by atoms with Crippen LogP contribution in [0.5, 0.6) is 5.75 Å². The third-order valence-electron chi connectivity index (χ3n) is 6.34. The fraction of sp³-hybridized carbons (Fsp3) is 0.259. The first kappa shape index (κ1) is 21.2. The van der Waals surface area contributed by atoms with E-state index in [1.54, 1.807) is 13.3 Å². The van der Waals surface area contributed by atoms with Crippen molar-refractivity contribution in [3.05, 3.63) is 95.4 Å². The van der Waals surface area contributed by atoms with Gasteiger partial charge < -0.3 is 14.6 Å². The number of rotatable bonds is 6. The Labute approximate surface area is 193 Å². The number of nitrogens with zero attached hydrogens (tertiary/aromatic N) is 3. The summed E-state index contributed by atoms with van der Waals surface area (Å²) in [6, 6.07) is 20.2. The predicted octanol–water partition coefficient (Wildman–Crippen LogP) is 4.18. The molecule has 2 aromatic heterocycles. The van der Waals surface area contributed by atoms with Gasteiger partial charge in [0.25, 0.3) is 0 Å². The van der Waals surface area contributed by atoms with Gasteiger partial charge in [-0.25, -0.2) is 0 Å². The van der Waals surface area contributed by atoms with Crippen molar-refractivity contribution < 1.29 is 9.53 Å². The van der Waals surface area contributed by atoms with Crippen LogP contribution in [-0.2, 0) is 17.8 Å². The molecule has 1 atom stereocenters. The number of para-hydroxylation sites is 1. The summed E-state index contributed by atoms with van der Waals surface area (Å²) in [7, 11) is 3.65. The first-order chi connectivity index (χ1) is 16.1. The van der Waals surface area contributed by atoms with Crippen LogP contribution in [0.2, 0.25) is 0 Å². The standard InChI is InChI=1S/C27H28N4O2/c1-30(17-19-7-6-13-28-16-19)18-25(32)31-14-12-23-22-10-3-4-11-24(22)29-26(23)27(31)20-8-5-9-21(15-20)33-2/h3-11,13,15-16,27,29H,12,14,17-18H2,1-2H3. The lowest BCUT2D eigenvalue weighted by Gasteiger charge is -2.37. The zero-order chi connectivity index (χ0) is 22.8. The zero-order valence-electron chi connectivity index (χ0n) is 19.0. The number of nitrogens with one attached hydrogen (secondary N) is 1. The van der Waals surface area contributed by atoms with Gasteiger partial charge in [0.2, 0.25) is 5.91 Å². The first-order valence-electron chi connectivity index (χ1n) is 11.2. The molecular weight excluding hydrogens is 412 g/mol. The maximum Gasteiger partial charge on any atom is 0.237 e. The molecule has 1 amide bonds. The summed E-state index contributed by atoms with van der Waals surface area (Å²) in [5.74, 6) is 0.898. The largest absolute Gasteiger partial charge is 0.497 e. The number of ether oxygens (including phenoxy) is 1. The molecule has 4 aromatic rings. The molecule has 0 aliphatic carbocycles. The molecule has 168 valence electrons. The summed E-state index contributed by atoms with van der Waals surface area (Å²) in [4.78, 5) is 25.4. The smallest absolute Gasteiger partial charge is 0.237 e. The summed E-state index contributed by atoms with van der Waals surface area (Å²) in [5.41, 5.74) is 5.64. The first-order valence-corrected chi connectivity index (χ1v) is 11.2. The SMILES string of the molecule is COc1cccc(C2c3[nH]c4ccccc4c3CCN2C(=O)CN(C)Cc2cccnc2)c1. The minimum atomic E-state index is -0.185. The molecule has 0 saturated heterocycles. The highest BCUT2D eigenvalue weighted by Gasteiger charge is 2.34. The van der Waals surface area contributed by atoms with E-state index in [4.69, 9.17) is 4.74 Å². The molecule has 1 aliphatic heterocycles. The van der Waals surface area contributed by atoms with E-state index in [0.29, 0.717) is 19.6 Å². The number of carbonyl (C=O) groups excluding carboxylic acids is 1. The van der Waals surface area contributed by atoms with Gasteiger partial charge in [-0.1, -0.05) is 36.4 Å². The molecule has 0 fully saturated rings. The number of amides is 1. The molecule has 0 bridgehead atoms. The number of methoxy groups -OCH3 is 1. The maximum absolute atomic E-state index is 13.6. The van der Waals surface area contributed by atoms with Gasteiger partial charge in [0.15, 0.2) is 0 Å². The van der Waals surface area contributed by atoms with Crippen LogP contribution >= 0.6 is 0 Å². The molecule has 33 heavy (non-hydrogen) atoms. The normalized spacial score (nSPS) is 15.6. The molecule has 1 N–H and O–H groups in total. The maximum atomic E-state index is 13.6. The summed E-state index contributed by atoms with van der Waals surface area (Å²) in [6.45, 7) is 1.69. The monoisotopic (exact) mass is 440 g/mol. The summed E-state index contributed by atoms with van der Waals surface area (Å²) < 4.78 is 5.49. The molecule has 0 radical (unpaired) electrons. The third kappa shape index (κ3) is 4.22. The van der Waals surface area contributed by atoms with Crippen LogP contribution in [0.3, 0.4) is 0 Å². The van der Waals surface area contributed by atoms with Gasteiger partial charge in [-0.15, -0.1) is 0 Å². The lowest BCUT2D eigenvalue weighted by atomic mass is 9.92. The van der Waals surface area contributed by atoms with Crippen LogP contribution in [0, 0.1) is 0 Å². The Morgan fingerprint density at radius 1 is 1.18 bits per heavy atom. The van der Waals surface area contributed by atoms with Gasteiger partial charge in [-0.2, -0.15) is 0 Å². The van der Waals surface area contributed by atoms with Gasteiger partial charge in [0, 0.05) is 42.1 Å². The van der Waals surface area contributed by atoms with Crippen molar-refractivity contribution in [1.82, 2.24) is 19.8 Å². The number of hydrogen-bond donors (Lipinski definition) is 1. The Balaban J connectivity index is 1.48. The van der Waals surface area contributed by atoms with Crippen LogP contribution in [0.15, 0.2) is 73.1 Å². The number of fused-ring (bicyclic) bond motifs is 3. The summed E-state index contributed by atoms with van der Waals surface area (Å²) in [5, 5.41) is 1.24. The van der Waals surface area contributed by atoms with Crippen molar-refractivity contribution in [3.63, 3.8) is 0 Å². The predicted molar refractivity (Wildman–Crippen MR) is 129 cm³/mol. The number of H-pyrrole nitrogens is 1. The van der Waals surface area contributed by atoms with Crippen LogP contribution in [0.25, 0.3) is 10.9 Å². The highest BCUT2D eigenvalue weighted by Crippen LogP contribution is 2.39. The van der Waals surface area contributed by atoms with Crippen molar-refractivity contribution in [2.24, 2.45) is 0 Å². The molecule has 3 heterocycles. The number of likely N-dealkylation sites (N-methyl/N-ethyl adjacent to an activating group) is 1. The van der Waals surface area contributed by atoms with Gasteiger partial charge in [-0.3, -0.25) is 14.7 Å². The number of pyridine rings is 1. The van der Waals surface area contributed by atoms with E-state index >= 15 is 0 Å². The average Bonchev–Trinajstić information content (AvgIpc) is 3.22. The number of hydrogen-bond acceptors (Lipinski definition) is 4. The van der Waals surface area contributed by atoms with Crippen LogP contribution < -0.4 is 4.74 Å². The quantitative estimate of drug-likeness (QED) is 0.489. The van der Waals surface area contributed by atoms with Crippen LogP contribution in [0.4, 0.5) is 0 Å².